The van der Waals surface area contributed by atoms with Gasteiger partial charge in [0.1, 0.15) is 22.4 Å². The Balaban J connectivity index is 1.69. The van der Waals surface area contributed by atoms with Crippen molar-refractivity contribution in [2.45, 2.75) is 31.6 Å². The second kappa shape index (κ2) is 11.6. The summed E-state index contributed by atoms with van der Waals surface area (Å²) in [5.41, 5.74) is 2.43. The molecule has 0 aromatic heterocycles. The highest BCUT2D eigenvalue weighted by Crippen LogP contribution is 2.42. The lowest BCUT2D eigenvalue weighted by Crippen LogP contribution is -2.32. The maximum absolute atomic E-state index is 13.6. The number of hydrogen-bond acceptors (Lipinski definition) is 5. The first-order valence-corrected chi connectivity index (χ1v) is 12.7. The van der Waals surface area contributed by atoms with E-state index >= 15 is 0 Å². The lowest BCUT2D eigenvalue weighted by molar-refractivity contribution is -0.117. The summed E-state index contributed by atoms with van der Waals surface area (Å²) in [5.74, 6) is 0.00183. The second-order valence-corrected chi connectivity index (χ2v) is 9.49. The molecule has 2 amide bonds. The number of carbonyl (C=O) groups is 2. The van der Waals surface area contributed by atoms with Crippen LogP contribution in [0.2, 0.25) is 0 Å². The van der Waals surface area contributed by atoms with Crippen LogP contribution in [0.25, 0.3) is 0 Å². The number of amides is 2. The summed E-state index contributed by atoms with van der Waals surface area (Å²) in [7, 11) is 0. The van der Waals surface area contributed by atoms with Crippen molar-refractivity contribution in [1.29, 1.82) is 5.26 Å². The first-order valence-electron chi connectivity index (χ1n) is 11.8. The predicted molar refractivity (Wildman–Crippen MR) is 142 cm³/mol. The molecule has 1 aliphatic heterocycles. The fraction of sp³-hybridized carbons (Fsp3) is 0.207. The zero-order valence-electron chi connectivity index (χ0n) is 20.2. The summed E-state index contributed by atoms with van der Waals surface area (Å²) >= 11 is 1.26. The molecule has 36 heavy (non-hydrogen) atoms. The van der Waals surface area contributed by atoms with Crippen LogP contribution >= 0.6 is 11.8 Å². The molecule has 1 aliphatic rings. The van der Waals surface area contributed by atoms with E-state index in [2.05, 4.69) is 11.4 Å². The number of ether oxygens (including phenoxy) is 1. The van der Waals surface area contributed by atoms with Crippen LogP contribution in [0.5, 0.6) is 5.75 Å². The van der Waals surface area contributed by atoms with E-state index in [1.54, 1.807) is 24.3 Å². The average Bonchev–Trinajstić information content (AvgIpc) is 3.21. The Kier molecular flexibility index (Phi) is 8.09. The SMILES string of the molecule is CCOc1ccc(N2C(=O)C(Cc3ccccc3)S/C2=C(/C#N)C(=O)NC(C)c2ccccc2)cc1. The zero-order valence-corrected chi connectivity index (χ0v) is 21.0. The maximum Gasteiger partial charge on any atom is 0.265 e. The minimum Gasteiger partial charge on any atom is -0.494 e. The molecule has 6 nitrogen and oxygen atoms in total. The molecule has 3 aromatic carbocycles. The van der Waals surface area contributed by atoms with Crippen molar-refractivity contribution < 1.29 is 14.3 Å². The molecule has 0 spiro atoms. The Morgan fingerprint density at radius 3 is 2.31 bits per heavy atom. The minimum atomic E-state index is -0.513. The van der Waals surface area contributed by atoms with E-state index < -0.39 is 11.2 Å². The van der Waals surface area contributed by atoms with Gasteiger partial charge in [0.05, 0.1) is 17.9 Å². The molecular formula is C29H27N3O3S. The highest BCUT2D eigenvalue weighted by Gasteiger charge is 2.41. The van der Waals surface area contributed by atoms with Gasteiger partial charge in [-0.1, -0.05) is 72.4 Å². The zero-order chi connectivity index (χ0) is 25.5. The van der Waals surface area contributed by atoms with Gasteiger partial charge < -0.3 is 10.1 Å². The van der Waals surface area contributed by atoms with Gasteiger partial charge in [0.25, 0.3) is 5.91 Å². The highest BCUT2D eigenvalue weighted by atomic mass is 32.2. The van der Waals surface area contributed by atoms with Crippen molar-refractivity contribution in [1.82, 2.24) is 5.32 Å². The lowest BCUT2D eigenvalue weighted by Gasteiger charge is -2.20. The smallest absolute Gasteiger partial charge is 0.265 e. The first kappa shape index (κ1) is 25.1. The molecule has 2 atom stereocenters. The number of thioether (sulfide) groups is 1. The van der Waals surface area contributed by atoms with E-state index in [1.807, 2.05) is 74.5 Å². The van der Waals surface area contributed by atoms with Crippen LogP contribution in [0, 0.1) is 11.3 Å². The summed E-state index contributed by atoms with van der Waals surface area (Å²) < 4.78 is 5.53. The van der Waals surface area contributed by atoms with E-state index in [-0.39, 0.29) is 17.5 Å². The fourth-order valence-electron chi connectivity index (χ4n) is 4.00. The summed E-state index contributed by atoms with van der Waals surface area (Å²) in [4.78, 5) is 28.4. The number of benzene rings is 3. The lowest BCUT2D eigenvalue weighted by atomic mass is 10.1. The Bertz CT molecular complexity index is 1280. The number of nitrogens with zero attached hydrogens (tertiary/aromatic N) is 2. The van der Waals surface area contributed by atoms with Gasteiger partial charge in [0, 0.05) is 5.69 Å². The summed E-state index contributed by atoms with van der Waals surface area (Å²) in [6.07, 6.45) is 0.488. The van der Waals surface area contributed by atoms with E-state index in [4.69, 9.17) is 4.74 Å². The van der Waals surface area contributed by atoms with E-state index in [0.29, 0.717) is 29.5 Å². The standard InChI is InChI=1S/C29H27N3O3S/c1-3-35-24-16-14-23(15-17-24)32-28(34)26(18-21-10-6-4-7-11-21)36-29(32)25(19-30)27(33)31-20(2)22-12-8-5-9-13-22/h4-17,20,26H,3,18H2,1-2H3,(H,31,33)/b29-25-. The van der Waals surface area contributed by atoms with Gasteiger partial charge in [-0.15, -0.1) is 0 Å². The highest BCUT2D eigenvalue weighted by molar-refractivity contribution is 8.05. The average molecular weight is 498 g/mol. The fourth-order valence-corrected chi connectivity index (χ4v) is 5.31. The molecule has 1 N–H and O–H groups in total. The normalized spacial score (nSPS) is 17.3. The van der Waals surface area contributed by atoms with Gasteiger partial charge in [-0.05, 0) is 55.7 Å². The molecular weight excluding hydrogens is 470 g/mol. The number of hydrogen-bond donors (Lipinski definition) is 1. The van der Waals surface area contributed by atoms with Crippen LogP contribution in [0.3, 0.4) is 0 Å². The van der Waals surface area contributed by atoms with Crippen molar-refractivity contribution in [2.75, 3.05) is 11.5 Å². The van der Waals surface area contributed by atoms with Crippen molar-refractivity contribution in [2.24, 2.45) is 0 Å². The largest absolute Gasteiger partial charge is 0.494 e. The van der Waals surface area contributed by atoms with Gasteiger partial charge in [0.15, 0.2) is 0 Å². The molecule has 182 valence electrons. The van der Waals surface area contributed by atoms with Crippen LogP contribution in [-0.2, 0) is 16.0 Å². The maximum atomic E-state index is 13.6. The molecule has 3 aromatic rings. The molecule has 1 heterocycles. The third kappa shape index (κ3) is 5.61. The summed E-state index contributed by atoms with van der Waals surface area (Å²) in [5, 5.41) is 12.8. The summed E-state index contributed by atoms with van der Waals surface area (Å²) in [6.45, 7) is 4.29. The third-order valence-electron chi connectivity index (χ3n) is 5.82. The number of nitriles is 1. The monoisotopic (exact) mass is 497 g/mol. The van der Waals surface area contributed by atoms with Gasteiger partial charge in [0.2, 0.25) is 5.91 Å². The van der Waals surface area contributed by atoms with Crippen molar-refractivity contribution in [3.63, 3.8) is 0 Å². The van der Waals surface area contributed by atoms with Gasteiger partial charge in [-0.25, -0.2) is 0 Å². The Morgan fingerprint density at radius 1 is 1.06 bits per heavy atom. The van der Waals surface area contributed by atoms with E-state index in [0.717, 1.165) is 11.1 Å². The molecule has 2 unspecified atom stereocenters. The molecule has 7 heteroatoms. The molecule has 0 bridgehead atoms. The summed E-state index contributed by atoms with van der Waals surface area (Å²) in [6, 6.07) is 28.1. The first-order chi connectivity index (χ1) is 17.5. The van der Waals surface area contributed by atoms with Crippen LogP contribution < -0.4 is 15.0 Å². The number of nitrogens with one attached hydrogen (secondary N) is 1. The van der Waals surface area contributed by atoms with Crippen molar-refractivity contribution in [3.05, 3.63) is 107 Å². The van der Waals surface area contributed by atoms with Gasteiger partial charge in [-0.3, -0.25) is 14.5 Å². The van der Waals surface area contributed by atoms with Crippen LogP contribution in [0.1, 0.15) is 31.0 Å². The Morgan fingerprint density at radius 2 is 1.69 bits per heavy atom. The molecule has 4 rings (SSSR count). The number of rotatable bonds is 8. The van der Waals surface area contributed by atoms with Crippen LogP contribution in [0.4, 0.5) is 5.69 Å². The molecule has 0 saturated carbocycles. The van der Waals surface area contributed by atoms with Crippen molar-refractivity contribution >= 4 is 29.3 Å². The Hall–Kier alpha value is -4.02. The van der Waals surface area contributed by atoms with Gasteiger partial charge >= 0.3 is 0 Å². The topological polar surface area (TPSA) is 82.4 Å². The second-order valence-electron chi connectivity index (χ2n) is 8.29. The third-order valence-corrected chi connectivity index (χ3v) is 7.09. The number of anilines is 1. The minimum absolute atomic E-state index is 0.0828. The number of carbonyl (C=O) groups excluding carboxylic acids is 2. The van der Waals surface area contributed by atoms with Crippen LogP contribution in [-0.4, -0.2) is 23.7 Å². The van der Waals surface area contributed by atoms with E-state index in [9.17, 15) is 14.9 Å². The Labute approximate surface area is 215 Å². The van der Waals surface area contributed by atoms with Crippen LogP contribution in [0.15, 0.2) is 95.5 Å². The molecule has 1 saturated heterocycles. The predicted octanol–water partition coefficient (Wildman–Crippen LogP) is 5.39. The van der Waals surface area contributed by atoms with Gasteiger partial charge in [-0.2, -0.15) is 5.26 Å². The van der Waals surface area contributed by atoms with Crippen molar-refractivity contribution in [3.8, 4) is 11.8 Å². The van der Waals surface area contributed by atoms with E-state index in [1.165, 1.54) is 16.7 Å². The molecule has 0 aliphatic carbocycles. The molecule has 1 fully saturated rings. The quantitative estimate of drug-likeness (QED) is 0.333. The molecule has 0 radical (unpaired) electrons.